The molecule has 0 fully saturated rings. The average molecular weight is 463 g/mol. The summed E-state index contributed by atoms with van der Waals surface area (Å²) >= 11 is 1.33. The number of alkyl halides is 3. The molecule has 0 bridgehead atoms. The van der Waals surface area contributed by atoms with Gasteiger partial charge in [-0.15, -0.1) is 11.3 Å². The number of thiophene rings is 1. The topological polar surface area (TPSA) is 35.5 Å². The molecule has 32 heavy (non-hydrogen) atoms. The number of fused-ring (bicyclic) bond motifs is 1. The van der Waals surface area contributed by atoms with Gasteiger partial charge < -0.3 is 9.47 Å². The zero-order valence-corrected chi connectivity index (χ0v) is 18.9. The van der Waals surface area contributed by atoms with Crippen LogP contribution in [0.5, 0.6) is 5.75 Å². The number of hydrogen-bond acceptors (Lipinski definition) is 4. The van der Waals surface area contributed by atoms with Crippen LogP contribution >= 0.6 is 11.3 Å². The van der Waals surface area contributed by atoms with E-state index in [0.717, 1.165) is 41.8 Å². The van der Waals surface area contributed by atoms with Gasteiger partial charge in [0.15, 0.2) is 0 Å². The summed E-state index contributed by atoms with van der Waals surface area (Å²) in [5.41, 5.74) is 0.672. The lowest BCUT2D eigenvalue weighted by atomic mass is 10.0. The number of esters is 1. The van der Waals surface area contributed by atoms with Gasteiger partial charge in [-0.05, 0) is 61.0 Å². The average Bonchev–Trinajstić information content (AvgIpc) is 3.16. The Hall–Kier alpha value is -2.80. The lowest BCUT2D eigenvalue weighted by molar-refractivity contribution is -0.145. The van der Waals surface area contributed by atoms with Gasteiger partial charge in [0.05, 0.1) is 5.56 Å². The van der Waals surface area contributed by atoms with E-state index in [1.54, 1.807) is 0 Å². The van der Waals surface area contributed by atoms with E-state index >= 15 is 0 Å². The van der Waals surface area contributed by atoms with Crippen LogP contribution in [0.1, 0.15) is 44.2 Å². The molecule has 0 N–H and O–H groups in total. The molecule has 170 valence electrons. The minimum Gasteiger partial charge on any atom is -0.457 e. The Morgan fingerprint density at radius 2 is 1.88 bits per heavy atom. The smallest absolute Gasteiger partial charge is 0.417 e. The summed E-state index contributed by atoms with van der Waals surface area (Å²) in [4.78, 5) is 11.9. The molecule has 0 atom stereocenters. The molecule has 0 radical (unpaired) electrons. The van der Waals surface area contributed by atoms with Crippen molar-refractivity contribution in [2.24, 2.45) is 0 Å². The Morgan fingerprint density at radius 3 is 2.56 bits per heavy atom. The second-order valence-electron chi connectivity index (χ2n) is 7.62. The highest BCUT2D eigenvalue weighted by molar-refractivity contribution is 7.22. The van der Waals surface area contributed by atoms with E-state index in [2.05, 4.69) is 19.6 Å². The third-order valence-corrected chi connectivity index (χ3v) is 6.13. The number of unbranched alkanes of at least 4 members (excludes halogenated alkanes) is 2. The molecule has 3 aromatic rings. The fourth-order valence-electron chi connectivity index (χ4n) is 3.30. The standard InChI is InChI=1S/C25H25F3O3S/c1-4-5-6-7-17-8-11-22-18(12-17)13-23(32-22)20-10-9-19(14-21(20)25(26,27)28)30-15-31-24(29)16(2)3/h8-14H,2,4-7,15H2,1,3H3. The highest BCUT2D eigenvalue weighted by atomic mass is 32.1. The van der Waals surface area contributed by atoms with Crippen LogP contribution in [0, 0.1) is 0 Å². The van der Waals surface area contributed by atoms with Gasteiger partial charge in [0.2, 0.25) is 6.79 Å². The predicted molar refractivity (Wildman–Crippen MR) is 122 cm³/mol. The zero-order valence-electron chi connectivity index (χ0n) is 18.1. The minimum absolute atomic E-state index is 0.0325. The fourth-order valence-corrected chi connectivity index (χ4v) is 4.38. The molecule has 0 saturated carbocycles. The van der Waals surface area contributed by atoms with Crippen molar-refractivity contribution in [3.8, 4) is 16.2 Å². The van der Waals surface area contributed by atoms with Crippen molar-refractivity contribution in [2.75, 3.05) is 6.79 Å². The minimum atomic E-state index is -4.56. The quantitative estimate of drug-likeness (QED) is 0.141. The molecule has 3 rings (SSSR count). The summed E-state index contributed by atoms with van der Waals surface area (Å²) in [6, 6.07) is 11.7. The van der Waals surface area contributed by atoms with E-state index < -0.39 is 24.5 Å². The Bertz CT molecular complexity index is 1120. The van der Waals surface area contributed by atoms with Crippen molar-refractivity contribution in [1.82, 2.24) is 0 Å². The van der Waals surface area contributed by atoms with Gasteiger partial charge in [0.1, 0.15) is 5.75 Å². The highest BCUT2D eigenvalue weighted by Crippen LogP contribution is 2.43. The number of ether oxygens (including phenoxy) is 2. The first-order chi connectivity index (χ1) is 15.2. The molecule has 2 aromatic carbocycles. The van der Waals surface area contributed by atoms with Crippen LogP contribution in [0.4, 0.5) is 13.2 Å². The molecular weight excluding hydrogens is 437 g/mol. The van der Waals surface area contributed by atoms with Gasteiger partial charge in [0, 0.05) is 20.7 Å². The van der Waals surface area contributed by atoms with Gasteiger partial charge in [-0.25, -0.2) is 4.79 Å². The van der Waals surface area contributed by atoms with E-state index in [9.17, 15) is 18.0 Å². The van der Waals surface area contributed by atoms with Crippen LogP contribution in [0.25, 0.3) is 20.5 Å². The van der Waals surface area contributed by atoms with E-state index in [-0.39, 0.29) is 16.9 Å². The SMILES string of the molecule is C=C(C)C(=O)OCOc1ccc(-c2cc3cc(CCCCC)ccc3s2)c(C(F)(F)F)c1. The number of carbonyl (C=O) groups excluding carboxylic acids is 1. The summed E-state index contributed by atoms with van der Waals surface area (Å²) in [7, 11) is 0. The maximum atomic E-state index is 13.8. The van der Waals surface area contributed by atoms with E-state index in [1.165, 1.54) is 36.0 Å². The van der Waals surface area contributed by atoms with E-state index in [0.29, 0.717) is 4.88 Å². The van der Waals surface area contributed by atoms with Crippen molar-refractivity contribution < 1.29 is 27.4 Å². The molecule has 1 heterocycles. The molecule has 0 saturated heterocycles. The Balaban J connectivity index is 1.86. The number of aryl methyl sites for hydroxylation is 1. The maximum Gasteiger partial charge on any atom is 0.417 e. The number of carbonyl (C=O) groups is 1. The van der Waals surface area contributed by atoms with Crippen molar-refractivity contribution in [3.63, 3.8) is 0 Å². The molecule has 0 aliphatic carbocycles. The van der Waals surface area contributed by atoms with Gasteiger partial charge in [0.25, 0.3) is 0 Å². The number of halogens is 3. The van der Waals surface area contributed by atoms with Crippen molar-refractivity contribution in [3.05, 3.63) is 65.7 Å². The fraction of sp³-hybridized carbons (Fsp3) is 0.320. The van der Waals surface area contributed by atoms with E-state index in [4.69, 9.17) is 9.47 Å². The molecule has 0 aliphatic rings. The van der Waals surface area contributed by atoms with Crippen LogP contribution in [0.3, 0.4) is 0 Å². The Kier molecular flexibility index (Phi) is 7.61. The summed E-state index contributed by atoms with van der Waals surface area (Å²) in [5.74, 6) is -0.702. The van der Waals surface area contributed by atoms with Crippen molar-refractivity contribution >= 4 is 27.4 Å². The number of benzene rings is 2. The van der Waals surface area contributed by atoms with Gasteiger partial charge in [-0.3, -0.25) is 0 Å². The van der Waals surface area contributed by atoms with Gasteiger partial charge in [-0.2, -0.15) is 13.2 Å². The Morgan fingerprint density at radius 1 is 1.09 bits per heavy atom. The predicted octanol–water partition coefficient (Wildman–Crippen LogP) is 7.78. The Labute approximate surface area is 189 Å². The molecule has 0 aliphatic heterocycles. The van der Waals surface area contributed by atoms with Gasteiger partial charge in [-0.1, -0.05) is 38.5 Å². The number of rotatable bonds is 9. The summed E-state index contributed by atoms with van der Waals surface area (Å²) < 4.78 is 52.4. The number of hydrogen-bond donors (Lipinski definition) is 0. The maximum absolute atomic E-state index is 13.8. The molecule has 1 aromatic heterocycles. The monoisotopic (exact) mass is 462 g/mol. The first-order valence-electron chi connectivity index (χ1n) is 10.4. The normalized spacial score (nSPS) is 11.5. The molecule has 0 amide bonds. The molecule has 0 spiro atoms. The lowest BCUT2D eigenvalue weighted by Crippen LogP contribution is -2.12. The summed E-state index contributed by atoms with van der Waals surface area (Å²) in [5, 5.41) is 0.944. The van der Waals surface area contributed by atoms with Crippen molar-refractivity contribution in [2.45, 2.75) is 45.7 Å². The van der Waals surface area contributed by atoms with Crippen molar-refractivity contribution in [1.29, 1.82) is 0 Å². The summed E-state index contributed by atoms with van der Waals surface area (Å²) in [6.07, 6.45) is -0.209. The van der Waals surface area contributed by atoms with Gasteiger partial charge >= 0.3 is 12.1 Å². The van der Waals surface area contributed by atoms with E-state index in [1.807, 2.05) is 18.2 Å². The first kappa shape index (κ1) is 23.9. The molecule has 7 heteroatoms. The second-order valence-corrected chi connectivity index (χ2v) is 8.70. The van der Waals surface area contributed by atoms with Crippen LogP contribution in [-0.2, 0) is 22.1 Å². The molecular formula is C25H25F3O3S. The van der Waals surface area contributed by atoms with Crippen LogP contribution in [0.2, 0.25) is 0 Å². The third kappa shape index (κ3) is 5.91. The molecule has 0 unspecified atom stereocenters. The van der Waals surface area contributed by atoms with Crippen LogP contribution < -0.4 is 4.74 Å². The third-order valence-electron chi connectivity index (χ3n) is 4.98. The largest absolute Gasteiger partial charge is 0.457 e. The second kappa shape index (κ2) is 10.2. The molecule has 3 nitrogen and oxygen atoms in total. The van der Waals surface area contributed by atoms with Crippen LogP contribution in [-0.4, -0.2) is 12.8 Å². The highest BCUT2D eigenvalue weighted by Gasteiger charge is 2.34. The first-order valence-corrected chi connectivity index (χ1v) is 11.2. The lowest BCUT2D eigenvalue weighted by Gasteiger charge is -2.14. The van der Waals surface area contributed by atoms with Crippen LogP contribution in [0.15, 0.2) is 54.6 Å². The zero-order chi connectivity index (χ0) is 23.3. The summed E-state index contributed by atoms with van der Waals surface area (Å²) in [6.45, 7) is 6.56.